The number of hydrogen-bond acceptors (Lipinski definition) is 4. The lowest BCUT2D eigenvalue weighted by Crippen LogP contribution is -2.40. The molecule has 180 valence electrons. The van der Waals surface area contributed by atoms with E-state index in [1.807, 2.05) is 31.2 Å². The Kier molecular flexibility index (Phi) is 7.50. The monoisotopic (exact) mass is 464 g/mol. The lowest BCUT2D eigenvalue weighted by molar-refractivity contribution is -0.141. The van der Waals surface area contributed by atoms with E-state index in [-0.39, 0.29) is 36.8 Å². The van der Waals surface area contributed by atoms with Crippen LogP contribution in [0, 0.1) is 5.92 Å². The molecule has 2 N–H and O–H groups in total. The molecule has 0 saturated carbocycles. The molecule has 2 aliphatic rings. The van der Waals surface area contributed by atoms with Gasteiger partial charge in [-0.1, -0.05) is 55.5 Å². The largest absolute Gasteiger partial charge is 0.481 e. The molecule has 1 aliphatic carbocycles. The van der Waals surface area contributed by atoms with Gasteiger partial charge in [0.2, 0.25) is 5.91 Å². The highest BCUT2D eigenvalue weighted by Crippen LogP contribution is 2.44. The number of carboxylic acids is 1. The third kappa shape index (κ3) is 5.24. The van der Waals surface area contributed by atoms with Gasteiger partial charge in [0.25, 0.3) is 0 Å². The van der Waals surface area contributed by atoms with Crippen molar-refractivity contribution in [3.8, 4) is 11.1 Å². The van der Waals surface area contributed by atoms with Crippen LogP contribution in [-0.2, 0) is 14.3 Å². The number of aliphatic carboxylic acids is 1. The van der Waals surface area contributed by atoms with Gasteiger partial charge in [0.05, 0.1) is 6.42 Å². The Hall–Kier alpha value is -3.35. The topological polar surface area (TPSA) is 95.9 Å². The summed E-state index contributed by atoms with van der Waals surface area (Å²) in [4.78, 5) is 37.8. The number of fused-ring (bicyclic) bond motifs is 3. The second-order valence-electron chi connectivity index (χ2n) is 9.22. The summed E-state index contributed by atoms with van der Waals surface area (Å²) in [5, 5.41) is 11.8. The molecular formula is C27H32N2O5. The summed E-state index contributed by atoms with van der Waals surface area (Å²) >= 11 is 0. The zero-order valence-electron chi connectivity index (χ0n) is 19.5. The van der Waals surface area contributed by atoms with Crippen molar-refractivity contribution in [2.75, 3.05) is 19.7 Å². The van der Waals surface area contributed by atoms with E-state index in [0.717, 1.165) is 12.8 Å². The van der Waals surface area contributed by atoms with Gasteiger partial charge < -0.3 is 20.1 Å². The number of benzene rings is 2. The standard InChI is InChI=1S/C27H32N2O5/c1-18(26(32)29-15-7-9-19(29)16-25(30)31)8-6-14-28-27(33)34-17-24-22-12-4-2-10-20(22)21-11-3-5-13-23(21)24/h2-5,10-13,18-19,24H,6-9,14-17H2,1H3,(H,28,33)(H,30,31)/t18?,19-/m1/s1. The number of ether oxygens (including phenoxy) is 1. The van der Waals surface area contributed by atoms with E-state index in [1.165, 1.54) is 22.3 Å². The van der Waals surface area contributed by atoms with Crippen molar-refractivity contribution in [3.05, 3.63) is 59.7 Å². The van der Waals surface area contributed by atoms with E-state index in [4.69, 9.17) is 9.84 Å². The van der Waals surface area contributed by atoms with Crippen molar-refractivity contribution in [2.45, 2.75) is 51.0 Å². The Morgan fingerprint density at radius 3 is 2.38 bits per heavy atom. The minimum atomic E-state index is -0.871. The fraction of sp³-hybridized carbons (Fsp3) is 0.444. The fourth-order valence-electron chi connectivity index (χ4n) is 5.19. The number of likely N-dealkylation sites (tertiary alicyclic amines) is 1. The summed E-state index contributed by atoms with van der Waals surface area (Å²) in [5.74, 6) is -1.05. The number of amides is 2. The molecule has 0 spiro atoms. The van der Waals surface area contributed by atoms with E-state index in [9.17, 15) is 14.4 Å². The highest BCUT2D eigenvalue weighted by molar-refractivity contribution is 5.80. The number of rotatable bonds is 9. The molecule has 1 fully saturated rings. The number of carbonyl (C=O) groups is 3. The van der Waals surface area contributed by atoms with E-state index in [2.05, 4.69) is 29.6 Å². The highest BCUT2D eigenvalue weighted by Gasteiger charge is 2.32. The quantitative estimate of drug-likeness (QED) is 0.536. The lowest BCUT2D eigenvalue weighted by atomic mass is 9.98. The molecule has 0 radical (unpaired) electrons. The maximum Gasteiger partial charge on any atom is 0.407 e. The Bertz CT molecular complexity index is 1010. The zero-order chi connectivity index (χ0) is 24.1. The molecule has 2 aromatic rings. The van der Waals surface area contributed by atoms with Gasteiger partial charge in [-0.05, 0) is 47.9 Å². The molecule has 1 heterocycles. The number of carbonyl (C=O) groups excluding carboxylic acids is 2. The maximum atomic E-state index is 12.7. The first-order chi connectivity index (χ1) is 16.5. The number of carboxylic acid groups (broad SMARTS) is 1. The molecule has 2 aromatic carbocycles. The van der Waals surface area contributed by atoms with Gasteiger partial charge >= 0.3 is 12.1 Å². The molecule has 4 rings (SSSR count). The van der Waals surface area contributed by atoms with Gasteiger partial charge in [0, 0.05) is 31.0 Å². The summed E-state index contributed by atoms with van der Waals surface area (Å²) < 4.78 is 5.55. The molecule has 0 aromatic heterocycles. The Balaban J connectivity index is 1.20. The van der Waals surface area contributed by atoms with Crippen LogP contribution in [0.1, 0.15) is 56.1 Å². The zero-order valence-corrected chi connectivity index (χ0v) is 19.5. The molecule has 0 bridgehead atoms. The SMILES string of the molecule is CC(CCCNC(=O)OCC1c2ccccc2-c2ccccc21)C(=O)N1CCC[C@@H]1CC(=O)O. The van der Waals surface area contributed by atoms with Crippen molar-refractivity contribution < 1.29 is 24.2 Å². The molecule has 34 heavy (non-hydrogen) atoms. The van der Waals surface area contributed by atoms with Crippen LogP contribution in [0.2, 0.25) is 0 Å². The average Bonchev–Trinajstić information content (AvgIpc) is 3.42. The van der Waals surface area contributed by atoms with Gasteiger partial charge in [-0.2, -0.15) is 0 Å². The molecular weight excluding hydrogens is 432 g/mol. The molecule has 1 unspecified atom stereocenters. The van der Waals surface area contributed by atoms with E-state index in [0.29, 0.717) is 25.9 Å². The smallest absolute Gasteiger partial charge is 0.407 e. The summed E-state index contributed by atoms with van der Waals surface area (Å²) in [7, 11) is 0. The average molecular weight is 465 g/mol. The second-order valence-corrected chi connectivity index (χ2v) is 9.22. The van der Waals surface area contributed by atoms with E-state index in [1.54, 1.807) is 4.90 Å². The van der Waals surface area contributed by atoms with Crippen LogP contribution in [0.5, 0.6) is 0 Å². The predicted molar refractivity (Wildman–Crippen MR) is 128 cm³/mol. The van der Waals surface area contributed by atoms with Gasteiger partial charge in [-0.3, -0.25) is 9.59 Å². The van der Waals surface area contributed by atoms with E-state index >= 15 is 0 Å². The highest BCUT2D eigenvalue weighted by atomic mass is 16.5. The van der Waals surface area contributed by atoms with Crippen LogP contribution < -0.4 is 5.32 Å². The lowest BCUT2D eigenvalue weighted by Gasteiger charge is -2.26. The minimum absolute atomic E-state index is 0.00179. The fourth-order valence-corrected chi connectivity index (χ4v) is 5.19. The van der Waals surface area contributed by atoms with Crippen molar-refractivity contribution in [2.24, 2.45) is 5.92 Å². The Labute approximate surface area is 200 Å². The minimum Gasteiger partial charge on any atom is -0.481 e. The maximum absolute atomic E-state index is 12.7. The van der Waals surface area contributed by atoms with Crippen LogP contribution in [0.15, 0.2) is 48.5 Å². The summed E-state index contributed by atoms with van der Waals surface area (Å²) in [6.07, 6.45) is 2.41. The summed E-state index contributed by atoms with van der Waals surface area (Å²) in [6.45, 7) is 3.19. The number of nitrogens with zero attached hydrogens (tertiary/aromatic N) is 1. The first kappa shape index (κ1) is 23.8. The van der Waals surface area contributed by atoms with Gasteiger partial charge in [-0.15, -0.1) is 0 Å². The molecule has 7 nitrogen and oxygen atoms in total. The molecule has 1 saturated heterocycles. The predicted octanol–water partition coefficient (Wildman–Crippen LogP) is 4.41. The first-order valence-corrected chi connectivity index (χ1v) is 12.1. The van der Waals surface area contributed by atoms with Crippen LogP contribution in [0.4, 0.5) is 4.79 Å². The van der Waals surface area contributed by atoms with Crippen LogP contribution >= 0.6 is 0 Å². The molecule has 1 aliphatic heterocycles. The third-order valence-corrected chi connectivity index (χ3v) is 6.92. The van der Waals surface area contributed by atoms with E-state index < -0.39 is 12.1 Å². The number of nitrogens with one attached hydrogen (secondary N) is 1. The van der Waals surface area contributed by atoms with Gasteiger partial charge in [-0.25, -0.2) is 4.79 Å². The molecule has 2 atom stereocenters. The van der Waals surface area contributed by atoms with Crippen LogP contribution in [0.3, 0.4) is 0 Å². The van der Waals surface area contributed by atoms with Gasteiger partial charge in [0.1, 0.15) is 6.61 Å². The number of alkyl carbamates (subject to hydrolysis) is 1. The first-order valence-electron chi connectivity index (χ1n) is 12.1. The molecule has 2 amide bonds. The summed E-state index contributed by atoms with van der Waals surface area (Å²) in [6, 6.07) is 16.2. The van der Waals surface area contributed by atoms with Crippen LogP contribution in [0.25, 0.3) is 11.1 Å². The summed E-state index contributed by atoms with van der Waals surface area (Å²) in [5.41, 5.74) is 4.72. The van der Waals surface area contributed by atoms with Crippen molar-refractivity contribution in [3.63, 3.8) is 0 Å². The van der Waals surface area contributed by atoms with Crippen molar-refractivity contribution in [1.82, 2.24) is 10.2 Å². The second kappa shape index (κ2) is 10.7. The number of hydrogen-bond donors (Lipinski definition) is 2. The van der Waals surface area contributed by atoms with Crippen molar-refractivity contribution >= 4 is 18.0 Å². The van der Waals surface area contributed by atoms with Crippen molar-refractivity contribution in [1.29, 1.82) is 0 Å². The Morgan fingerprint density at radius 1 is 1.09 bits per heavy atom. The van der Waals surface area contributed by atoms with Crippen LogP contribution in [-0.4, -0.2) is 53.7 Å². The van der Waals surface area contributed by atoms with Gasteiger partial charge in [0.15, 0.2) is 0 Å². The molecule has 7 heteroatoms. The normalized spacial score (nSPS) is 17.7. The third-order valence-electron chi connectivity index (χ3n) is 6.92. The Morgan fingerprint density at radius 2 is 1.74 bits per heavy atom.